The van der Waals surface area contributed by atoms with Crippen LogP contribution in [0.2, 0.25) is 0 Å². The predicted octanol–water partition coefficient (Wildman–Crippen LogP) is 1.08. The maximum absolute atomic E-state index is 11.7. The zero-order valence-corrected chi connectivity index (χ0v) is 10.5. The van der Waals surface area contributed by atoms with Crippen LogP contribution in [0.5, 0.6) is 5.75 Å². The number of carbonyl (C=O) groups is 2. The van der Waals surface area contributed by atoms with Crippen LogP contribution in [-0.4, -0.2) is 36.3 Å². The van der Waals surface area contributed by atoms with Crippen molar-refractivity contribution in [2.75, 3.05) is 19.3 Å². The van der Waals surface area contributed by atoms with E-state index in [2.05, 4.69) is 0 Å². The van der Waals surface area contributed by atoms with Gasteiger partial charge in [-0.1, -0.05) is 0 Å². The van der Waals surface area contributed by atoms with Gasteiger partial charge in [0, 0.05) is 25.7 Å². The SMILES string of the molecule is CC(=O)c1cc(N)ccc1OC1CCN(C)C1=O. The van der Waals surface area contributed by atoms with Gasteiger partial charge in [-0.3, -0.25) is 9.59 Å². The first-order valence-corrected chi connectivity index (χ1v) is 5.81. The van der Waals surface area contributed by atoms with Gasteiger partial charge in [0.05, 0.1) is 5.56 Å². The lowest BCUT2D eigenvalue weighted by Crippen LogP contribution is -2.29. The zero-order valence-electron chi connectivity index (χ0n) is 10.5. The third kappa shape index (κ3) is 2.30. The Morgan fingerprint density at radius 1 is 1.50 bits per heavy atom. The van der Waals surface area contributed by atoms with Gasteiger partial charge in [0.15, 0.2) is 11.9 Å². The van der Waals surface area contributed by atoms with E-state index in [0.29, 0.717) is 30.0 Å². The molecular weight excluding hydrogens is 232 g/mol. The largest absolute Gasteiger partial charge is 0.480 e. The number of Topliss-reactive ketones (excluding diaryl/α,β-unsaturated/α-hetero) is 1. The van der Waals surface area contributed by atoms with Gasteiger partial charge in [-0.15, -0.1) is 0 Å². The number of nitrogen functional groups attached to an aromatic ring is 1. The molecule has 18 heavy (non-hydrogen) atoms. The monoisotopic (exact) mass is 248 g/mol. The van der Waals surface area contributed by atoms with E-state index in [-0.39, 0.29) is 11.7 Å². The number of rotatable bonds is 3. The normalized spacial score (nSPS) is 19.1. The van der Waals surface area contributed by atoms with Gasteiger partial charge in [0.1, 0.15) is 5.75 Å². The molecule has 1 fully saturated rings. The Balaban J connectivity index is 2.24. The summed E-state index contributed by atoms with van der Waals surface area (Å²) in [6, 6.07) is 4.86. The molecule has 0 aliphatic carbocycles. The number of nitrogens with two attached hydrogens (primary N) is 1. The number of likely N-dealkylation sites (N-methyl/N-ethyl adjacent to an activating group) is 1. The summed E-state index contributed by atoms with van der Waals surface area (Å²) in [5, 5.41) is 0. The minimum Gasteiger partial charge on any atom is -0.480 e. The average Bonchev–Trinajstić information content (AvgIpc) is 2.63. The molecule has 1 saturated heterocycles. The quantitative estimate of drug-likeness (QED) is 0.641. The number of carbonyl (C=O) groups excluding carboxylic acids is 2. The van der Waals surface area contributed by atoms with E-state index in [4.69, 9.17) is 10.5 Å². The molecule has 1 aliphatic rings. The summed E-state index contributed by atoms with van der Waals surface area (Å²) in [6.07, 6.45) is 0.133. The highest BCUT2D eigenvalue weighted by atomic mass is 16.5. The number of ketones is 1. The third-order valence-electron chi connectivity index (χ3n) is 3.03. The van der Waals surface area contributed by atoms with E-state index < -0.39 is 6.10 Å². The number of anilines is 1. The van der Waals surface area contributed by atoms with Crippen LogP contribution in [0.3, 0.4) is 0 Å². The fourth-order valence-electron chi connectivity index (χ4n) is 1.98. The molecule has 0 bridgehead atoms. The smallest absolute Gasteiger partial charge is 0.263 e. The number of likely N-dealkylation sites (tertiary alicyclic amines) is 1. The molecule has 0 aromatic heterocycles. The Morgan fingerprint density at radius 3 is 2.78 bits per heavy atom. The van der Waals surface area contributed by atoms with E-state index >= 15 is 0 Å². The molecule has 1 atom stereocenters. The van der Waals surface area contributed by atoms with Crippen molar-refractivity contribution in [2.24, 2.45) is 0 Å². The van der Waals surface area contributed by atoms with Crippen molar-refractivity contribution in [2.45, 2.75) is 19.4 Å². The van der Waals surface area contributed by atoms with Gasteiger partial charge in [-0.25, -0.2) is 0 Å². The first-order chi connectivity index (χ1) is 8.49. The maximum atomic E-state index is 11.7. The van der Waals surface area contributed by atoms with Crippen molar-refractivity contribution < 1.29 is 14.3 Å². The van der Waals surface area contributed by atoms with Crippen molar-refractivity contribution >= 4 is 17.4 Å². The van der Waals surface area contributed by atoms with E-state index in [9.17, 15) is 9.59 Å². The molecule has 1 heterocycles. The summed E-state index contributed by atoms with van der Waals surface area (Å²) in [5.74, 6) is 0.239. The Hall–Kier alpha value is -2.04. The number of nitrogens with zero attached hydrogens (tertiary/aromatic N) is 1. The lowest BCUT2D eigenvalue weighted by molar-refractivity contribution is -0.132. The maximum Gasteiger partial charge on any atom is 0.263 e. The number of ether oxygens (including phenoxy) is 1. The Morgan fingerprint density at radius 2 is 2.22 bits per heavy atom. The second kappa shape index (κ2) is 4.68. The predicted molar refractivity (Wildman–Crippen MR) is 67.5 cm³/mol. The second-order valence-electron chi connectivity index (χ2n) is 4.47. The van der Waals surface area contributed by atoms with Gasteiger partial charge in [0.25, 0.3) is 5.91 Å². The van der Waals surface area contributed by atoms with Gasteiger partial charge in [-0.05, 0) is 25.1 Å². The summed E-state index contributed by atoms with van der Waals surface area (Å²) < 4.78 is 5.64. The molecule has 0 radical (unpaired) electrons. The van der Waals surface area contributed by atoms with Crippen LogP contribution in [0.1, 0.15) is 23.7 Å². The lowest BCUT2D eigenvalue weighted by Gasteiger charge is -2.15. The molecule has 5 heteroatoms. The minimum absolute atomic E-state index is 0.0543. The van der Waals surface area contributed by atoms with Crippen LogP contribution in [0.4, 0.5) is 5.69 Å². The first-order valence-electron chi connectivity index (χ1n) is 5.81. The summed E-state index contributed by atoms with van der Waals surface area (Å²) in [4.78, 5) is 24.9. The molecule has 96 valence electrons. The lowest BCUT2D eigenvalue weighted by atomic mass is 10.1. The molecule has 0 spiro atoms. The molecule has 1 aromatic carbocycles. The summed E-state index contributed by atoms with van der Waals surface area (Å²) in [5.41, 5.74) is 6.56. The van der Waals surface area contributed by atoms with E-state index in [1.165, 1.54) is 6.92 Å². The van der Waals surface area contributed by atoms with Crippen LogP contribution < -0.4 is 10.5 Å². The first kappa shape index (κ1) is 12.4. The third-order valence-corrected chi connectivity index (χ3v) is 3.03. The van der Waals surface area contributed by atoms with Gasteiger partial charge in [0.2, 0.25) is 0 Å². The topological polar surface area (TPSA) is 72.6 Å². The van der Waals surface area contributed by atoms with Crippen molar-refractivity contribution in [3.63, 3.8) is 0 Å². The Bertz CT molecular complexity index is 499. The molecule has 1 aromatic rings. The molecule has 0 saturated carbocycles. The van der Waals surface area contributed by atoms with Gasteiger partial charge >= 0.3 is 0 Å². The van der Waals surface area contributed by atoms with Gasteiger partial charge < -0.3 is 15.4 Å². The fourth-order valence-corrected chi connectivity index (χ4v) is 1.98. The summed E-state index contributed by atoms with van der Waals surface area (Å²) in [7, 11) is 1.74. The fraction of sp³-hybridized carbons (Fsp3) is 0.385. The van der Waals surface area contributed by atoms with Crippen LogP contribution >= 0.6 is 0 Å². The number of amides is 1. The Kier molecular flexibility index (Phi) is 3.23. The molecular formula is C13H16N2O3. The number of hydrogen-bond acceptors (Lipinski definition) is 4. The van der Waals surface area contributed by atoms with Crippen molar-refractivity contribution in [1.82, 2.24) is 4.90 Å². The molecule has 1 aliphatic heterocycles. The van der Waals surface area contributed by atoms with Gasteiger partial charge in [-0.2, -0.15) is 0 Å². The molecule has 2 N–H and O–H groups in total. The molecule has 1 unspecified atom stereocenters. The highest BCUT2D eigenvalue weighted by Gasteiger charge is 2.31. The Labute approximate surface area is 106 Å². The van der Waals surface area contributed by atoms with E-state index in [0.717, 1.165) is 0 Å². The van der Waals surface area contributed by atoms with Crippen LogP contribution in [0, 0.1) is 0 Å². The summed E-state index contributed by atoms with van der Waals surface area (Å²) in [6.45, 7) is 2.12. The molecule has 2 rings (SSSR count). The zero-order chi connectivity index (χ0) is 13.3. The second-order valence-corrected chi connectivity index (χ2v) is 4.47. The summed E-state index contributed by atoms with van der Waals surface area (Å²) >= 11 is 0. The molecule has 5 nitrogen and oxygen atoms in total. The standard InChI is InChI=1S/C13H16N2O3/c1-8(16)10-7-9(14)3-4-11(10)18-12-5-6-15(2)13(12)17/h3-4,7,12H,5-6,14H2,1-2H3. The highest BCUT2D eigenvalue weighted by Crippen LogP contribution is 2.25. The van der Waals surface area contributed by atoms with Crippen molar-refractivity contribution in [3.05, 3.63) is 23.8 Å². The minimum atomic E-state index is -0.503. The molecule has 1 amide bonds. The van der Waals surface area contributed by atoms with Crippen LogP contribution in [-0.2, 0) is 4.79 Å². The van der Waals surface area contributed by atoms with E-state index in [1.807, 2.05) is 0 Å². The highest BCUT2D eigenvalue weighted by molar-refractivity contribution is 5.97. The van der Waals surface area contributed by atoms with Crippen molar-refractivity contribution in [3.8, 4) is 5.75 Å². The van der Waals surface area contributed by atoms with Crippen LogP contribution in [0.25, 0.3) is 0 Å². The number of hydrogen-bond donors (Lipinski definition) is 1. The van der Waals surface area contributed by atoms with E-state index in [1.54, 1.807) is 30.1 Å². The number of benzene rings is 1. The van der Waals surface area contributed by atoms with Crippen molar-refractivity contribution in [1.29, 1.82) is 0 Å². The average molecular weight is 248 g/mol. The van der Waals surface area contributed by atoms with Crippen LogP contribution in [0.15, 0.2) is 18.2 Å².